The van der Waals surface area contributed by atoms with E-state index in [4.69, 9.17) is 0 Å². The zero-order valence-corrected chi connectivity index (χ0v) is 24.3. The van der Waals surface area contributed by atoms with E-state index in [0.717, 1.165) is 54.1 Å². The molecule has 1 aliphatic carbocycles. The zero-order chi connectivity index (χ0) is 24.5. The van der Waals surface area contributed by atoms with Crippen molar-refractivity contribution in [2.24, 2.45) is 0 Å². The van der Waals surface area contributed by atoms with Crippen LogP contribution >= 0.6 is 43.6 Å². The number of thioether (sulfide) groups is 1. The summed E-state index contributed by atoms with van der Waals surface area (Å²) < 4.78 is 1.88. The third-order valence-electron chi connectivity index (χ3n) is 5.97. The van der Waals surface area contributed by atoms with Crippen LogP contribution in [0.1, 0.15) is 57.6 Å². The first-order valence-electron chi connectivity index (χ1n) is 11.6. The van der Waals surface area contributed by atoms with Crippen molar-refractivity contribution in [3.8, 4) is 5.75 Å². The molecule has 0 spiro atoms. The largest absolute Gasteiger partial charge is 0.507 e. The highest BCUT2D eigenvalue weighted by Gasteiger charge is 2.31. The van der Waals surface area contributed by atoms with Crippen LogP contribution in [0.2, 0.25) is 0 Å². The van der Waals surface area contributed by atoms with Crippen molar-refractivity contribution in [3.63, 3.8) is 0 Å². The van der Waals surface area contributed by atoms with Crippen molar-refractivity contribution in [1.29, 1.82) is 0 Å². The van der Waals surface area contributed by atoms with Crippen molar-refractivity contribution in [1.82, 2.24) is 10.2 Å². The number of allylic oxidation sites excluding steroid dienone is 2. The molecular weight excluding hydrogens is 564 g/mol. The normalized spacial score (nSPS) is 19.6. The van der Waals surface area contributed by atoms with E-state index in [1.165, 1.54) is 27.8 Å². The molecule has 0 bridgehead atoms. The van der Waals surface area contributed by atoms with Crippen molar-refractivity contribution >= 4 is 55.1 Å². The summed E-state index contributed by atoms with van der Waals surface area (Å²) in [6, 6.07) is 3.98. The maximum atomic E-state index is 11.8. The first-order valence-corrected chi connectivity index (χ1v) is 14.8. The molecule has 2 heterocycles. The van der Waals surface area contributed by atoms with Crippen LogP contribution in [0.5, 0.6) is 5.75 Å². The van der Waals surface area contributed by atoms with E-state index in [9.17, 15) is 9.90 Å². The molecule has 1 amide bonds. The molecule has 4 rings (SSSR count). The second kappa shape index (κ2) is 13.6. The number of rotatable bonds is 0. The lowest BCUT2D eigenvalue weighted by molar-refractivity contribution is -0.129. The third kappa shape index (κ3) is 6.92. The standard InChI is InChI=1S/C22H24Br2N2O2.C2H6S.C2H6/c1-13(27)26-9-7-14(8-10-26)20-17-5-6-19(28)21(24)18(17)4-2-3-15-11-16(23)12-25-22(15)20;1-3-2;1-2/h5-6,11-12,22,25,28H,2-4,7-10H2,1H3;1-2H3;1-2H3. The zero-order valence-electron chi connectivity index (χ0n) is 20.3. The second-order valence-corrected chi connectivity index (χ2v) is 10.6. The lowest BCUT2D eigenvalue weighted by atomic mass is 9.78. The Morgan fingerprint density at radius 1 is 1.12 bits per heavy atom. The van der Waals surface area contributed by atoms with Crippen LogP contribution in [0.25, 0.3) is 5.57 Å². The van der Waals surface area contributed by atoms with Crippen molar-refractivity contribution in [2.75, 3.05) is 25.6 Å². The first kappa shape index (κ1) is 28.1. The number of hydrogen-bond donors (Lipinski definition) is 2. The summed E-state index contributed by atoms with van der Waals surface area (Å²) in [6.07, 6.45) is 13.1. The number of fused-ring (bicyclic) bond motifs is 2. The molecule has 1 aromatic carbocycles. The number of piperidine rings is 1. The number of carbonyl (C=O) groups excluding carboxylic acids is 1. The Morgan fingerprint density at radius 3 is 2.36 bits per heavy atom. The Bertz CT molecular complexity index is 930. The molecule has 3 aliphatic rings. The molecule has 182 valence electrons. The number of nitrogens with one attached hydrogen (secondary N) is 1. The summed E-state index contributed by atoms with van der Waals surface area (Å²) in [5, 5.41) is 13.8. The maximum absolute atomic E-state index is 11.8. The minimum Gasteiger partial charge on any atom is -0.507 e. The van der Waals surface area contributed by atoms with Crippen LogP contribution in [-0.2, 0) is 11.2 Å². The van der Waals surface area contributed by atoms with E-state index >= 15 is 0 Å². The van der Waals surface area contributed by atoms with Gasteiger partial charge in [0.25, 0.3) is 0 Å². The van der Waals surface area contributed by atoms with Crippen LogP contribution in [-0.4, -0.2) is 47.6 Å². The molecule has 4 nitrogen and oxygen atoms in total. The van der Waals surface area contributed by atoms with Gasteiger partial charge in [0, 0.05) is 30.7 Å². The van der Waals surface area contributed by atoms with Crippen LogP contribution in [0, 0.1) is 0 Å². The molecule has 0 saturated carbocycles. The Hall–Kier alpha value is -1.18. The molecule has 0 aromatic heterocycles. The summed E-state index contributed by atoms with van der Waals surface area (Å²) in [4.78, 5) is 13.7. The smallest absolute Gasteiger partial charge is 0.219 e. The number of likely N-dealkylation sites (tertiary alicyclic amines) is 1. The Kier molecular flexibility index (Phi) is 11.6. The molecule has 1 aromatic rings. The highest BCUT2D eigenvalue weighted by Crippen LogP contribution is 2.43. The molecule has 7 heteroatoms. The molecule has 0 radical (unpaired) electrons. The third-order valence-corrected chi connectivity index (χ3v) is 7.31. The minimum absolute atomic E-state index is 0.135. The van der Waals surface area contributed by atoms with Gasteiger partial charge in [-0.15, -0.1) is 0 Å². The van der Waals surface area contributed by atoms with E-state index in [1.807, 2.05) is 37.5 Å². The summed E-state index contributed by atoms with van der Waals surface area (Å²) >= 11 is 8.98. The number of dihydropyridines is 1. The lowest BCUT2D eigenvalue weighted by Gasteiger charge is -2.36. The van der Waals surface area contributed by atoms with E-state index in [0.29, 0.717) is 5.75 Å². The number of amides is 1. The molecule has 2 aliphatic heterocycles. The van der Waals surface area contributed by atoms with Gasteiger partial charge in [-0.25, -0.2) is 0 Å². The Labute approximate surface area is 220 Å². The van der Waals surface area contributed by atoms with Gasteiger partial charge < -0.3 is 15.3 Å². The maximum Gasteiger partial charge on any atom is 0.219 e. The van der Waals surface area contributed by atoms with Gasteiger partial charge in [-0.2, -0.15) is 11.8 Å². The van der Waals surface area contributed by atoms with Crippen molar-refractivity contribution in [2.45, 2.75) is 58.9 Å². The SMILES string of the molecule is CC.CC(=O)N1CCC(=C2c3ccc(O)c(Br)c3CCCC3=CC(Br)=CNC32)CC1.CSC. The highest BCUT2D eigenvalue weighted by atomic mass is 79.9. The van der Waals surface area contributed by atoms with E-state index in [2.05, 4.69) is 49.3 Å². The number of phenolic OH excluding ortho intramolecular Hbond substituents is 1. The summed E-state index contributed by atoms with van der Waals surface area (Å²) in [5.41, 5.74) is 6.52. The first-order chi connectivity index (χ1) is 15.9. The predicted molar refractivity (Wildman–Crippen MR) is 150 cm³/mol. The lowest BCUT2D eigenvalue weighted by Crippen LogP contribution is -2.37. The van der Waals surface area contributed by atoms with Gasteiger partial charge in [0.15, 0.2) is 0 Å². The number of hydrogen-bond acceptors (Lipinski definition) is 4. The van der Waals surface area contributed by atoms with Crippen LogP contribution in [0.15, 0.2) is 44.5 Å². The summed E-state index contributed by atoms with van der Waals surface area (Å²) in [7, 11) is 0. The van der Waals surface area contributed by atoms with E-state index < -0.39 is 0 Å². The van der Waals surface area contributed by atoms with E-state index in [-0.39, 0.29) is 11.9 Å². The van der Waals surface area contributed by atoms with Crippen LogP contribution < -0.4 is 5.32 Å². The van der Waals surface area contributed by atoms with Gasteiger partial charge in [-0.3, -0.25) is 4.79 Å². The molecule has 1 unspecified atom stereocenters. The van der Waals surface area contributed by atoms with Gasteiger partial charge in [0.2, 0.25) is 5.91 Å². The fraction of sp³-hybridized carbons (Fsp3) is 0.500. The van der Waals surface area contributed by atoms with Gasteiger partial charge >= 0.3 is 0 Å². The molecular formula is C26H36Br2N2O2S. The summed E-state index contributed by atoms with van der Waals surface area (Å²) in [6.45, 7) is 7.19. The number of halogens is 2. The highest BCUT2D eigenvalue weighted by molar-refractivity contribution is 9.12. The monoisotopic (exact) mass is 598 g/mol. The number of phenols is 1. The molecule has 33 heavy (non-hydrogen) atoms. The van der Waals surface area contributed by atoms with Crippen LogP contribution in [0.3, 0.4) is 0 Å². The fourth-order valence-corrected chi connectivity index (χ4v) is 5.51. The van der Waals surface area contributed by atoms with Crippen molar-refractivity contribution < 1.29 is 9.90 Å². The van der Waals surface area contributed by atoms with E-state index in [1.54, 1.807) is 24.8 Å². The van der Waals surface area contributed by atoms with Crippen LogP contribution in [0.4, 0.5) is 0 Å². The van der Waals surface area contributed by atoms with Gasteiger partial charge in [0.05, 0.1) is 10.5 Å². The second-order valence-electron chi connectivity index (χ2n) is 8.06. The van der Waals surface area contributed by atoms with Crippen molar-refractivity contribution in [3.05, 3.63) is 55.6 Å². The fourth-order valence-electron chi connectivity index (χ4n) is 4.54. The molecule has 1 saturated heterocycles. The average molecular weight is 600 g/mol. The number of nitrogens with zero attached hydrogens (tertiary/aromatic N) is 1. The molecule has 2 N–H and O–H groups in total. The number of benzene rings is 1. The Balaban J connectivity index is 0.000000714. The minimum atomic E-state index is 0.135. The topological polar surface area (TPSA) is 52.6 Å². The predicted octanol–water partition coefficient (Wildman–Crippen LogP) is 7.03. The average Bonchev–Trinajstić information content (AvgIpc) is 2.80. The molecule has 1 atom stereocenters. The van der Waals surface area contributed by atoms with Gasteiger partial charge in [-0.05, 0) is 111 Å². The van der Waals surface area contributed by atoms with Gasteiger partial charge in [-0.1, -0.05) is 25.5 Å². The van der Waals surface area contributed by atoms with Gasteiger partial charge in [0.1, 0.15) is 5.75 Å². The Morgan fingerprint density at radius 2 is 1.76 bits per heavy atom. The number of carbonyl (C=O) groups is 1. The molecule has 1 fully saturated rings. The summed E-state index contributed by atoms with van der Waals surface area (Å²) in [5.74, 6) is 0.447. The quantitative estimate of drug-likeness (QED) is 0.336. The number of aromatic hydroxyl groups is 1.